The molecule has 0 rings (SSSR count). The van der Waals surface area contributed by atoms with Crippen LogP contribution < -0.4 is 5.73 Å². The number of rotatable bonds is 6. The summed E-state index contributed by atoms with van der Waals surface area (Å²) < 4.78 is 4.95. The van der Waals surface area contributed by atoms with E-state index >= 15 is 0 Å². The molecule has 14 heavy (non-hydrogen) atoms. The summed E-state index contributed by atoms with van der Waals surface area (Å²) in [7, 11) is 1.64. The smallest absolute Gasteiger partial charge is 0.248 e. The molecule has 1 amide bonds. The molecule has 0 unspecified atom stereocenters. The fraction of sp³-hybridized carbons (Fsp3) is 0.750. The first-order valence-corrected chi connectivity index (χ1v) is 4.40. The van der Waals surface area contributed by atoms with Crippen molar-refractivity contribution in [3.8, 4) is 0 Å². The zero-order chi connectivity index (χ0) is 11.0. The van der Waals surface area contributed by atoms with Gasteiger partial charge in [0.2, 0.25) is 5.91 Å². The maximum Gasteiger partial charge on any atom is 0.248 e. The number of nitrogens with two attached hydrogens (primary N) is 1. The van der Waals surface area contributed by atoms with Crippen LogP contribution in [-0.4, -0.2) is 48.7 Å². The molecule has 0 heterocycles. The molecule has 0 aromatic carbocycles. The lowest BCUT2D eigenvalue weighted by molar-refractivity contribution is -0.134. The molecule has 0 aliphatic rings. The van der Waals surface area contributed by atoms with E-state index in [2.05, 4.69) is 5.16 Å². The standard InChI is InChI=1S/C8H17N3O3/c1-3-14-6-8(12)11(2)5-4-7(9)10-13/h13H,3-6H2,1-2H3,(H2,9,10). The van der Waals surface area contributed by atoms with E-state index in [-0.39, 0.29) is 18.3 Å². The van der Waals surface area contributed by atoms with Crippen molar-refractivity contribution in [2.75, 3.05) is 26.8 Å². The Morgan fingerprint density at radius 1 is 1.64 bits per heavy atom. The second-order valence-electron chi connectivity index (χ2n) is 2.79. The Morgan fingerprint density at radius 3 is 2.79 bits per heavy atom. The number of hydrogen-bond acceptors (Lipinski definition) is 4. The fourth-order valence-electron chi connectivity index (χ4n) is 0.757. The number of carbonyl (C=O) groups excluding carboxylic acids is 1. The fourth-order valence-corrected chi connectivity index (χ4v) is 0.757. The lowest BCUT2D eigenvalue weighted by Crippen LogP contribution is -2.33. The normalized spacial score (nSPS) is 11.4. The highest BCUT2D eigenvalue weighted by atomic mass is 16.5. The summed E-state index contributed by atoms with van der Waals surface area (Å²) in [6.07, 6.45) is 0.352. The van der Waals surface area contributed by atoms with Crippen molar-refractivity contribution < 1.29 is 14.7 Å². The number of oxime groups is 1. The van der Waals surface area contributed by atoms with E-state index in [0.29, 0.717) is 19.6 Å². The van der Waals surface area contributed by atoms with Crippen molar-refractivity contribution in [1.82, 2.24) is 4.90 Å². The van der Waals surface area contributed by atoms with Crippen LogP contribution in [0.15, 0.2) is 5.16 Å². The summed E-state index contributed by atoms with van der Waals surface area (Å²) in [5.41, 5.74) is 5.25. The van der Waals surface area contributed by atoms with Crippen molar-refractivity contribution >= 4 is 11.7 Å². The van der Waals surface area contributed by atoms with E-state index in [9.17, 15) is 4.79 Å². The van der Waals surface area contributed by atoms with Crippen LogP contribution in [0.2, 0.25) is 0 Å². The molecular weight excluding hydrogens is 186 g/mol. The van der Waals surface area contributed by atoms with Crippen LogP contribution in [0.5, 0.6) is 0 Å². The average Bonchev–Trinajstić information content (AvgIpc) is 2.21. The maximum atomic E-state index is 11.3. The van der Waals surface area contributed by atoms with E-state index in [1.165, 1.54) is 4.90 Å². The molecule has 6 heteroatoms. The highest BCUT2D eigenvalue weighted by Crippen LogP contribution is 1.90. The van der Waals surface area contributed by atoms with Gasteiger partial charge in [0.05, 0.1) is 0 Å². The third kappa shape index (κ3) is 5.36. The molecule has 0 aliphatic carbocycles. The number of nitrogens with zero attached hydrogens (tertiary/aromatic N) is 2. The van der Waals surface area contributed by atoms with E-state index in [0.717, 1.165) is 0 Å². The van der Waals surface area contributed by atoms with Crippen molar-refractivity contribution in [3.63, 3.8) is 0 Å². The summed E-state index contributed by atoms with van der Waals surface area (Å²) in [5, 5.41) is 11.1. The van der Waals surface area contributed by atoms with Gasteiger partial charge in [-0.25, -0.2) is 0 Å². The van der Waals surface area contributed by atoms with Gasteiger partial charge in [-0.2, -0.15) is 0 Å². The lowest BCUT2D eigenvalue weighted by Gasteiger charge is -2.16. The Morgan fingerprint density at radius 2 is 2.29 bits per heavy atom. The molecule has 0 aromatic heterocycles. The molecule has 0 saturated carbocycles. The Kier molecular flexibility index (Phi) is 6.47. The Hall–Kier alpha value is -1.30. The van der Waals surface area contributed by atoms with Crippen LogP contribution in [0.3, 0.4) is 0 Å². The van der Waals surface area contributed by atoms with Gasteiger partial charge in [0, 0.05) is 26.6 Å². The van der Waals surface area contributed by atoms with Crippen LogP contribution in [0.25, 0.3) is 0 Å². The molecule has 0 spiro atoms. The van der Waals surface area contributed by atoms with Gasteiger partial charge < -0.3 is 20.6 Å². The zero-order valence-corrected chi connectivity index (χ0v) is 8.56. The maximum absolute atomic E-state index is 11.3. The molecule has 0 saturated heterocycles. The Labute approximate surface area is 83.3 Å². The third-order valence-electron chi connectivity index (χ3n) is 1.69. The van der Waals surface area contributed by atoms with Crippen LogP contribution in [0, 0.1) is 0 Å². The second-order valence-corrected chi connectivity index (χ2v) is 2.79. The highest BCUT2D eigenvalue weighted by molar-refractivity contribution is 5.81. The number of amides is 1. The monoisotopic (exact) mass is 203 g/mol. The molecule has 0 aromatic rings. The molecule has 0 fully saturated rings. The van der Waals surface area contributed by atoms with Crippen molar-refractivity contribution in [3.05, 3.63) is 0 Å². The third-order valence-corrected chi connectivity index (χ3v) is 1.69. The topological polar surface area (TPSA) is 88.2 Å². The average molecular weight is 203 g/mol. The van der Waals surface area contributed by atoms with Crippen molar-refractivity contribution in [1.29, 1.82) is 0 Å². The first kappa shape index (κ1) is 12.7. The van der Waals surface area contributed by atoms with Gasteiger partial charge in [0.25, 0.3) is 0 Å². The minimum absolute atomic E-state index is 0.0726. The minimum atomic E-state index is -0.113. The molecule has 82 valence electrons. The number of likely N-dealkylation sites (N-methyl/N-ethyl adjacent to an activating group) is 1. The van der Waals surface area contributed by atoms with Gasteiger partial charge in [-0.1, -0.05) is 5.16 Å². The van der Waals surface area contributed by atoms with Crippen LogP contribution >= 0.6 is 0 Å². The molecule has 3 N–H and O–H groups in total. The molecule has 6 nitrogen and oxygen atoms in total. The second kappa shape index (κ2) is 7.14. The summed E-state index contributed by atoms with van der Waals surface area (Å²) in [6, 6.07) is 0. The predicted octanol–water partition coefficient (Wildman–Crippen LogP) is -0.382. The van der Waals surface area contributed by atoms with Gasteiger partial charge >= 0.3 is 0 Å². The van der Waals surface area contributed by atoms with Gasteiger partial charge in [-0.3, -0.25) is 4.79 Å². The van der Waals surface area contributed by atoms with E-state index in [4.69, 9.17) is 15.7 Å². The highest BCUT2D eigenvalue weighted by Gasteiger charge is 2.08. The molecule has 0 radical (unpaired) electrons. The SMILES string of the molecule is CCOCC(=O)N(C)CC/C(N)=N/O. The van der Waals surface area contributed by atoms with Crippen LogP contribution in [0.1, 0.15) is 13.3 Å². The van der Waals surface area contributed by atoms with Gasteiger partial charge in [-0.15, -0.1) is 0 Å². The van der Waals surface area contributed by atoms with Crippen molar-refractivity contribution in [2.24, 2.45) is 10.9 Å². The summed E-state index contributed by atoms with van der Waals surface area (Å²) >= 11 is 0. The van der Waals surface area contributed by atoms with E-state index < -0.39 is 0 Å². The molecule has 0 bridgehead atoms. The number of hydrogen-bond donors (Lipinski definition) is 2. The Bertz CT molecular complexity index is 206. The quantitative estimate of drug-likeness (QED) is 0.266. The van der Waals surface area contributed by atoms with Crippen LogP contribution in [-0.2, 0) is 9.53 Å². The first-order chi connectivity index (χ1) is 6.61. The van der Waals surface area contributed by atoms with Gasteiger partial charge in [0.15, 0.2) is 0 Å². The van der Waals surface area contributed by atoms with Crippen molar-refractivity contribution in [2.45, 2.75) is 13.3 Å². The largest absolute Gasteiger partial charge is 0.409 e. The number of ether oxygens (including phenoxy) is 1. The zero-order valence-electron chi connectivity index (χ0n) is 8.56. The summed E-state index contributed by atoms with van der Waals surface area (Å²) in [4.78, 5) is 12.7. The molecular formula is C8H17N3O3. The lowest BCUT2D eigenvalue weighted by atomic mass is 10.3. The minimum Gasteiger partial charge on any atom is -0.409 e. The number of carbonyl (C=O) groups is 1. The van der Waals surface area contributed by atoms with E-state index in [1.54, 1.807) is 7.05 Å². The molecule has 0 aliphatic heterocycles. The molecule has 0 atom stereocenters. The first-order valence-electron chi connectivity index (χ1n) is 4.40. The predicted molar refractivity (Wildman–Crippen MR) is 52.2 cm³/mol. The van der Waals surface area contributed by atoms with E-state index in [1.807, 2.05) is 6.92 Å². The Balaban J connectivity index is 3.72. The number of amidine groups is 1. The van der Waals surface area contributed by atoms with Gasteiger partial charge in [-0.05, 0) is 6.92 Å². The van der Waals surface area contributed by atoms with Crippen LogP contribution in [0.4, 0.5) is 0 Å². The van der Waals surface area contributed by atoms with Gasteiger partial charge in [0.1, 0.15) is 12.4 Å². The summed E-state index contributed by atoms with van der Waals surface area (Å²) in [5.74, 6) is -0.00125. The summed E-state index contributed by atoms with van der Waals surface area (Å²) in [6.45, 7) is 2.83.